The maximum Gasteiger partial charge on any atom is 0.243 e. The van der Waals surface area contributed by atoms with E-state index in [0.717, 1.165) is 0 Å². The van der Waals surface area contributed by atoms with E-state index >= 15 is 0 Å². The monoisotopic (exact) mass is 248 g/mol. The summed E-state index contributed by atoms with van der Waals surface area (Å²) in [7, 11) is 0. The van der Waals surface area contributed by atoms with E-state index in [9.17, 15) is 9.59 Å². The van der Waals surface area contributed by atoms with Gasteiger partial charge in [-0.1, -0.05) is 13.8 Å². The van der Waals surface area contributed by atoms with Gasteiger partial charge in [0.1, 0.15) is 6.04 Å². The zero-order chi connectivity index (χ0) is 12.7. The topological polar surface area (TPSA) is 78.4 Å². The Bertz CT molecular complexity index is 246. The fourth-order valence-corrected chi connectivity index (χ4v) is 1.40. The molecule has 0 saturated heterocycles. The molecule has 0 bridgehead atoms. The first-order valence-electron chi connectivity index (χ1n) is 5.21. The Hall–Kier alpha value is -0.750. The summed E-state index contributed by atoms with van der Waals surface area (Å²) in [6, 6.07) is -0.961. The van der Waals surface area contributed by atoms with Crippen LogP contribution in [-0.2, 0) is 9.59 Å². The van der Waals surface area contributed by atoms with Crippen molar-refractivity contribution in [3.05, 3.63) is 0 Å². The highest BCUT2D eigenvalue weighted by atomic mass is 32.1. The van der Waals surface area contributed by atoms with Crippen LogP contribution in [-0.4, -0.2) is 41.4 Å². The van der Waals surface area contributed by atoms with Gasteiger partial charge in [0.15, 0.2) is 0 Å². The fourth-order valence-electron chi connectivity index (χ4n) is 1.15. The number of hydrogen-bond acceptors (Lipinski definition) is 4. The molecule has 2 unspecified atom stereocenters. The number of carbonyl (C=O) groups excluding carboxylic acids is 2. The molecule has 0 aliphatic rings. The van der Waals surface area contributed by atoms with E-state index in [1.807, 2.05) is 13.8 Å². The van der Waals surface area contributed by atoms with Crippen LogP contribution in [0.25, 0.3) is 0 Å². The number of aliphatic hydroxyl groups excluding tert-OH is 1. The van der Waals surface area contributed by atoms with Gasteiger partial charge < -0.3 is 15.7 Å². The van der Waals surface area contributed by atoms with Gasteiger partial charge in [-0.2, -0.15) is 12.6 Å². The molecule has 0 saturated carbocycles. The van der Waals surface area contributed by atoms with Gasteiger partial charge in [0.2, 0.25) is 11.8 Å². The van der Waals surface area contributed by atoms with Crippen LogP contribution in [0, 0.1) is 5.92 Å². The molecule has 6 heteroatoms. The van der Waals surface area contributed by atoms with Crippen molar-refractivity contribution in [2.24, 2.45) is 5.92 Å². The Morgan fingerprint density at radius 1 is 1.31 bits per heavy atom. The molecule has 94 valence electrons. The van der Waals surface area contributed by atoms with Crippen molar-refractivity contribution >= 4 is 24.4 Å². The molecule has 2 atom stereocenters. The number of amides is 2. The molecule has 2 amide bonds. The van der Waals surface area contributed by atoms with Gasteiger partial charge in [-0.25, -0.2) is 0 Å². The summed E-state index contributed by atoms with van der Waals surface area (Å²) in [6.07, 6.45) is 0. The van der Waals surface area contributed by atoms with E-state index in [2.05, 4.69) is 23.3 Å². The Morgan fingerprint density at radius 2 is 1.88 bits per heavy atom. The molecule has 0 aromatic rings. The van der Waals surface area contributed by atoms with Crippen molar-refractivity contribution in [2.45, 2.75) is 32.9 Å². The number of carbonyl (C=O) groups is 2. The van der Waals surface area contributed by atoms with Crippen LogP contribution in [0.3, 0.4) is 0 Å². The third kappa shape index (κ3) is 5.37. The first kappa shape index (κ1) is 15.2. The van der Waals surface area contributed by atoms with Crippen LogP contribution in [0.2, 0.25) is 0 Å². The third-order valence-electron chi connectivity index (χ3n) is 2.21. The Balaban J connectivity index is 4.34. The third-order valence-corrected chi connectivity index (χ3v) is 2.57. The minimum Gasteiger partial charge on any atom is -0.394 e. The van der Waals surface area contributed by atoms with Gasteiger partial charge in [-0.3, -0.25) is 9.59 Å². The van der Waals surface area contributed by atoms with Gasteiger partial charge in [0, 0.05) is 12.7 Å². The van der Waals surface area contributed by atoms with E-state index in [4.69, 9.17) is 5.11 Å². The smallest absolute Gasteiger partial charge is 0.243 e. The quantitative estimate of drug-likeness (QED) is 0.481. The largest absolute Gasteiger partial charge is 0.394 e. The minimum absolute atomic E-state index is 0.122. The van der Waals surface area contributed by atoms with Crippen LogP contribution in [0.4, 0.5) is 0 Å². The number of rotatable bonds is 6. The van der Waals surface area contributed by atoms with Crippen LogP contribution >= 0.6 is 12.6 Å². The Kier molecular flexibility index (Phi) is 7.16. The molecule has 5 nitrogen and oxygen atoms in total. The summed E-state index contributed by atoms with van der Waals surface area (Å²) in [4.78, 5) is 22.5. The van der Waals surface area contributed by atoms with Crippen molar-refractivity contribution in [2.75, 3.05) is 12.4 Å². The van der Waals surface area contributed by atoms with Gasteiger partial charge >= 0.3 is 0 Å². The first-order chi connectivity index (χ1) is 7.42. The molecule has 0 spiro atoms. The van der Waals surface area contributed by atoms with Crippen molar-refractivity contribution < 1.29 is 14.7 Å². The zero-order valence-corrected chi connectivity index (χ0v) is 10.8. The molecule has 0 aliphatic heterocycles. The van der Waals surface area contributed by atoms with Crippen LogP contribution in [0.15, 0.2) is 0 Å². The van der Waals surface area contributed by atoms with Crippen molar-refractivity contribution in [1.82, 2.24) is 10.6 Å². The van der Waals surface area contributed by atoms with Gasteiger partial charge in [-0.05, 0) is 5.92 Å². The molecule has 16 heavy (non-hydrogen) atoms. The lowest BCUT2D eigenvalue weighted by molar-refractivity contribution is -0.128. The lowest BCUT2D eigenvalue weighted by atomic mass is 10.1. The second-order valence-electron chi connectivity index (χ2n) is 3.98. The van der Waals surface area contributed by atoms with Crippen LogP contribution in [0.5, 0.6) is 0 Å². The molecule has 0 rings (SSSR count). The fraction of sp³-hybridized carbons (Fsp3) is 0.800. The van der Waals surface area contributed by atoms with E-state index < -0.39 is 6.04 Å². The second kappa shape index (κ2) is 7.51. The summed E-state index contributed by atoms with van der Waals surface area (Å²) in [5, 5.41) is 14.2. The lowest BCUT2D eigenvalue weighted by Crippen LogP contribution is -2.52. The van der Waals surface area contributed by atoms with Crippen LogP contribution < -0.4 is 10.6 Å². The Labute approximate surface area is 101 Å². The SMILES string of the molecule is CC(=O)NC(CS)C(=O)NC(CO)C(C)C. The minimum atomic E-state index is -0.659. The summed E-state index contributed by atoms with van der Waals surface area (Å²) < 4.78 is 0. The van der Waals surface area contributed by atoms with E-state index in [1.54, 1.807) is 0 Å². The van der Waals surface area contributed by atoms with Crippen LogP contribution in [0.1, 0.15) is 20.8 Å². The van der Waals surface area contributed by atoms with E-state index in [-0.39, 0.29) is 36.1 Å². The summed E-state index contributed by atoms with van der Waals surface area (Å²) >= 11 is 3.99. The molecule has 0 aliphatic carbocycles. The standard InChI is InChI=1S/C10H20N2O3S/c1-6(2)8(4-13)12-10(15)9(5-16)11-7(3)14/h6,8-9,13,16H,4-5H2,1-3H3,(H,11,14)(H,12,15). The number of nitrogens with one attached hydrogen (secondary N) is 2. The number of thiol groups is 1. The molecule has 3 N–H and O–H groups in total. The van der Waals surface area contributed by atoms with Crippen molar-refractivity contribution in [1.29, 1.82) is 0 Å². The first-order valence-corrected chi connectivity index (χ1v) is 5.84. The molecule has 0 aromatic carbocycles. The molecule has 0 fully saturated rings. The highest BCUT2D eigenvalue weighted by molar-refractivity contribution is 7.80. The summed E-state index contributed by atoms with van der Waals surface area (Å²) in [6.45, 7) is 5.02. The average molecular weight is 248 g/mol. The highest BCUT2D eigenvalue weighted by Crippen LogP contribution is 2.01. The molecule has 0 heterocycles. The average Bonchev–Trinajstić information content (AvgIpc) is 2.21. The maximum atomic E-state index is 11.7. The van der Waals surface area contributed by atoms with E-state index in [1.165, 1.54) is 6.92 Å². The normalized spacial score (nSPS) is 14.4. The molecular formula is C10H20N2O3S. The summed E-state index contributed by atoms with van der Waals surface area (Å²) in [5.41, 5.74) is 0. The van der Waals surface area contributed by atoms with Crippen molar-refractivity contribution in [3.8, 4) is 0 Å². The van der Waals surface area contributed by atoms with E-state index in [0.29, 0.717) is 0 Å². The lowest BCUT2D eigenvalue weighted by Gasteiger charge is -2.23. The summed E-state index contributed by atoms with van der Waals surface area (Å²) in [5.74, 6) is -0.245. The zero-order valence-electron chi connectivity index (χ0n) is 9.86. The predicted octanol–water partition coefficient (Wildman–Crippen LogP) is -0.446. The predicted molar refractivity (Wildman–Crippen MR) is 65.3 cm³/mol. The highest BCUT2D eigenvalue weighted by Gasteiger charge is 2.22. The molecule has 0 aromatic heterocycles. The van der Waals surface area contributed by atoms with Gasteiger partial charge in [0.25, 0.3) is 0 Å². The van der Waals surface area contributed by atoms with Crippen molar-refractivity contribution in [3.63, 3.8) is 0 Å². The van der Waals surface area contributed by atoms with Gasteiger partial charge in [-0.15, -0.1) is 0 Å². The second-order valence-corrected chi connectivity index (χ2v) is 4.34. The molecular weight excluding hydrogens is 228 g/mol. The Morgan fingerprint density at radius 3 is 2.19 bits per heavy atom. The molecule has 0 radical (unpaired) electrons. The van der Waals surface area contributed by atoms with Gasteiger partial charge in [0.05, 0.1) is 12.6 Å². The number of hydrogen-bond donors (Lipinski definition) is 4. The number of aliphatic hydroxyl groups is 1. The maximum absolute atomic E-state index is 11.7.